The molecule has 1 aliphatic rings. The maximum Gasteiger partial charge on any atom is 0.123 e. The molecule has 0 aromatic heterocycles. The van der Waals surface area contributed by atoms with Gasteiger partial charge in [0.2, 0.25) is 0 Å². The highest BCUT2D eigenvalue weighted by Gasteiger charge is 2.38. The van der Waals surface area contributed by atoms with Crippen LogP contribution in [0.1, 0.15) is 32.3 Å². The summed E-state index contributed by atoms with van der Waals surface area (Å²) >= 11 is 0. The van der Waals surface area contributed by atoms with E-state index in [4.69, 9.17) is 0 Å². The summed E-state index contributed by atoms with van der Waals surface area (Å²) in [6, 6.07) is 7.49. The van der Waals surface area contributed by atoms with Crippen LogP contribution in [0.3, 0.4) is 0 Å². The van der Waals surface area contributed by atoms with Crippen LogP contribution in [0.25, 0.3) is 0 Å². The molecule has 3 unspecified atom stereocenters. The molecule has 0 radical (unpaired) electrons. The Labute approximate surface area is 103 Å². The molecular formula is C15H22FN. The zero-order chi connectivity index (χ0) is 12.3. The van der Waals surface area contributed by atoms with E-state index in [9.17, 15) is 4.39 Å². The molecule has 0 saturated heterocycles. The predicted octanol–water partition coefficient (Wildman–Crippen LogP) is 3.39. The molecule has 2 rings (SSSR count). The first-order valence-electron chi connectivity index (χ1n) is 6.68. The van der Waals surface area contributed by atoms with Gasteiger partial charge in [0.25, 0.3) is 0 Å². The number of hydrogen-bond acceptors (Lipinski definition) is 1. The Morgan fingerprint density at radius 1 is 1.35 bits per heavy atom. The van der Waals surface area contributed by atoms with Crippen molar-refractivity contribution in [3.8, 4) is 0 Å². The van der Waals surface area contributed by atoms with Crippen LogP contribution < -0.4 is 5.32 Å². The zero-order valence-electron chi connectivity index (χ0n) is 10.7. The van der Waals surface area contributed by atoms with E-state index < -0.39 is 0 Å². The molecule has 94 valence electrons. The van der Waals surface area contributed by atoms with Gasteiger partial charge in [0, 0.05) is 6.04 Å². The first-order chi connectivity index (χ1) is 8.20. The fourth-order valence-electron chi connectivity index (χ4n) is 2.49. The van der Waals surface area contributed by atoms with Crippen molar-refractivity contribution in [1.82, 2.24) is 5.32 Å². The standard InChI is InChI=1S/C15H22FN/c1-3-8-17-15(14-9-11(14)2)10-12-4-6-13(16)7-5-12/h4-7,11,14-15,17H,3,8-10H2,1-2H3. The number of halogens is 1. The van der Waals surface area contributed by atoms with Crippen LogP contribution in [-0.2, 0) is 6.42 Å². The van der Waals surface area contributed by atoms with E-state index in [-0.39, 0.29) is 5.82 Å². The van der Waals surface area contributed by atoms with Crippen LogP contribution in [0.15, 0.2) is 24.3 Å². The van der Waals surface area contributed by atoms with Crippen LogP contribution in [-0.4, -0.2) is 12.6 Å². The second-order valence-corrected chi connectivity index (χ2v) is 5.27. The molecule has 0 heterocycles. The maximum atomic E-state index is 12.8. The molecule has 2 heteroatoms. The van der Waals surface area contributed by atoms with E-state index in [2.05, 4.69) is 19.2 Å². The van der Waals surface area contributed by atoms with Crippen LogP contribution in [0, 0.1) is 17.7 Å². The lowest BCUT2D eigenvalue weighted by molar-refractivity contribution is 0.443. The van der Waals surface area contributed by atoms with Crippen molar-refractivity contribution in [1.29, 1.82) is 0 Å². The third kappa shape index (κ3) is 3.53. The first kappa shape index (κ1) is 12.6. The van der Waals surface area contributed by atoms with E-state index in [1.54, 1.807) is 12.1 Å². The van der Waals surface area contributed by atoms with Crippen molar-refractivity contribution in [2.24, 2.45) is 11.8 Å². The highest BCUT2D eigenvalue weighted by molar-refractivity contribution is 5.18. The molecule has 0 spiro atoms. The van der Waals surface area contributed by atoms with Crippen LogP contribution in [0.5, 0.6) is 0 Å². The molecule has 1 aliphatic carbocycles. The molecule has 0 aliphatic heterocycles. The predicted molar refractivity (Wildman–Crippen MR) is 69.5 cm³/mol. The Kier molecular flexibility index (Phi) is 4.16. The molecule has 1 N–H and O–H groups in total. The van der Waals surface area contributed by atoms with E-state index in [0.29, 0.717) is 6.04 Å². The number of hydrogen-bond donors (Lipinski definition) is 1. The van der Waals surface area contributed by atoms with Gasteiger partial charge in [-0.1, -0.05) is 26.0 Å². The van der Waals surface area contributed by atoms with Gasteiger partial charge >= 0.3 is 0 Å². The van der Waals surface area contributed by atoms with Crippen molar-refractivity contribution < 1.29 is 4.39 Å². The second kappa shape index (κ2) is 5.63. The Morgan fingerprint density at radius 2 is 2.00 bits per heavy atom. The third-order valence-corrected chi connectivity index (χ3v) is 3.71. The Morgan fingerprint density at radius 3 is 2.53 bits per heavy atom. The fraction of sp³-hybridized carbons (Fsp3) is 0.600. The van der Waals surface area contributed by atoms with E-state index in [1.807, 2.05) is 12.1 Å². The van der Waals surface area contributed by atoms with Gasteiger partial charge in [0.05, 0.1) is 0 Å². The lowest BCUT2D eigenvalue weighted by Gasteiger charge is -2.18. The van der Waals surface area contributed by atoms with Gasteiger partial charge in [-0.25, -0.2) is 4.39 Å². The molecule has 3 atom stereocenters. The molecule has 1 aromatic carbocycles. The normalized spacial score (nSPS) is 24.6. The summed E-state index contributed by atoms with van der Waals surface area (Å²) in [4.78, 5) is 0. The highest BCUT2D eigenvalue weighted by Crippen LogP contribution is 2.41. The third-order valence-electron chi connectivity index (χ3n) is 3.71. The Hall–Kier alpha value is -0.890. The van der Waals surface area contributed by atoms with Crippen molar-refractivity contribution in [2.75, 3.05) is 6.54 Å². The molecule has 1 aromatic rings. The molecule has 0 bridgehead atoms. The van der Waals surface area contributed by atoms with Crippen molar-refractivity contribution in [3.63, 3.8) is 0 Å². The van der Waals surface area contributed by atoms with Gasteiger partial charge in [-0.3, -0.25) is 0 Å². The minimum absolute atomic E-state index is 0.147. The first-order valence-corrected chi connectivity index (χ1v) is 6.68. The number of benzene rings is 1. The van der Waals surface area contributed by atoms with Crippen molar-refractivity contribution >= 4 is 0 Å². The highest BCUT2D eigenvalue weighted by atomic mass is 19.1. The summed E-state index contributed by atoms with van der Waals surface area (Å²) in [7, 11) is 0. The molecule has 1 nitrogen and oxygen atoms in total. The summed E-state index contributed by atoms with van der Waals surface area (Å²) in [5.74, 6) is 1.52. The average Bonchev–Trinajstić information content (AvgIpc) is 3.04. The molecule has 17 heavy (non-hydrogen) atoms. The van der Waals surface area contributed by atoms with Gasteiger partial charge in [0.15, 0.2) is 0 Å². The lowest BCUT2D eigenvalue weighted by Crippen LogP contribution is -2.34. The molecule has 1 fully saturated rings. The number of rotatable bonds is 6. The Balaban J connectivity index is 1.94. The van der Waals surface area contributed by atoms with E-state index >= 15 is 0 Å². The van der Waals surface area contributed by atoms with Gasteiger partial charge in [-0.05, 0) is 55.3 Å². The quantitative estimate of drug-likeness (QED) is 0.797. The SMILES string of the molecule is CCCNC(Cc1ccc(F)cc1)C1CC1C. The van der Waals surface area contributed by atoms with E-state index in [1.165, 1.54) is 18.4 Å². The monoisotopic (exact) mass is 235 g/mol. The molecule has 1 saturated carbocycles. The van der Waals surface area contributed by atoms with Crippen molar-refractivity contribution in [2.45, 2.75) is 39.2 Å². The summed E-state index contributed by atoms with van der Waals surface area (Å²) in [5.41, 5.74) is 1.24. The van der Waals surface area contributed by atoms with Crippen LogP contribution in [0.4, 0.5) is 4.39 Å². The fourth-order valence-corrected chi connectivity index (χ4v) is 2.49. The van der Waals surface area contributed by atoms with Gasteiger partial charge in [-0.15, -0.1) is 0 Å². The molecular weight excluding hydrogens is 213 g/mol. The summed E-state index contributed by atoms with van der Waals surface area (Å²) in [6.07, 6.45) is 3.53. The van der Waals surface area contributed by atoms with Gasteiger partial charge in [0.1, 0.15) is 5.82 Å². The Bertz CT molecular complexity index is 346. The minimum atomic E-state index is -0.147. The minimum Gasteiger partial charge on any atom is -0.313 e. The lowest BCUT2D eigenvalue weighted by atomic mass is 10.0. The van der Waals surface area contributed by atoms with Crippen molar-refractivity contribution in [3.05, 3.63) is 35.6 Å². The number of nitrogens with one attached hydrogen (secondary N) is 1. The van der Waals surface area contributed by atoms with Crippen LogP contribution >= 0.6 is 0 Å². The average molecular weight is 235 g/mol. The van der Waals surface area contributed by atoms with Gasteiger partial charge < -0.3 is 5.32 Å². The van der Waals surface area contributed by atoms with E-state index in [0.717, 1.165) is 24.8 Å². The molecule has 0 amide bonds. The maximum absolute atomic E-state index is 12.8. The summed E-state index contributed by atoms with van der Waals surface area (Å²) in [5, 5.41) is 3.63. The second-order valence-electron chi connectivity index (χ2n) is 5.27. The smallest absolute Gasteiger partial charge is 0.123 e. The van der Waals surface area contributed by atoms with Gasteiger partial charge in [-0.2, -0.15) is 0 Å². The topological polar surface area (TPSA) is 12.0 Å². The summed E-state index contributed by atoms with van der Waals surface area (Å²) in [6.45, 7) is 5.59. The largest absolute Gasteiger partial charge is 0.313 e. The zero-order valence-corrected chi connectivity index (χ0v) is 10.7. The van der Waals surface area contributed by atoms with Crippen LogP contribution in [0.2, 0.25) is 0 Å². The summed E-state index contributed by atoms with van der Waals surface area (Å²) < 4.78 is 12.8.